The Kier molecular flexibility index (Phi) is 5.91. The second kappa shape index (κ2) is 9.17. The molecule has 0 radical (unpaired) electrons. The Hall–Kier alpha value is -3.88. The highest BCUT2D eigenvalue weighted by atomic mass is 35.5. The number of amides is 2. The van der Waals surface area contributed by atoms with Crippen molar-refractivity contribution >= 4 is 40.9 Å². The van der Waals surface area contributed by atoms with Gasteiger partial charge in [-0.25, -0.2) is 9.97 Å². The van der Waals surface area contributed by atoms with Gasteiger partial charge in [0.05, 0.1) is 16.3 Å². The van der Waals surface area contributed by atoms with Crippen LogP contribution in [-0.2, 0) is 6.54 Å². The normalized spacial score (nSPS) is 12.2. The van der Waals surface area contributed by atoms with Crippen molar-refractivity contribution in [2.45, 2.75) is 16.3 Å². The Bertz CT molecular complexity index is 1430. The number of phenolic OH excluding ortho intramolecular Hbond substituents is 1. The van der Waals surface area contributed by atoms with E-state index in [1.54, 1.807) is 42.7 Å². The van der Waals surface area contributed by atoms with E-state index < -0.39 is 0 Å². The summed E-state index contributed by atoms with van der Waals surface area (Å²) in [5.41, 5.74) is 3.02. The number of nitrogens with one attached hydrogen (secondary N) is 2. The summed E-state index contributed by atoms with van der Waals surface area (Å²) in [7, 11) is 0. The summed E-state index contributed by atoms with van der Waals surface area (Å²) in [5.74, 6) is -0.0352. The van der Waals surface area contributed by atoms with E-state index in [0.717, 1.165) is 15.4 Å². The van der Waals surface area contributed by atoms with Crippen LogP contribution >= 0.6 is 23.4 Å². The molecule has 0 saturated carbocycles. The van der Waals surface area contributed by atoms with Crippen molar-refractivity contribution in [1.29, 1.82) is 0 Å². The van der Waals surface area contributed by atoms with Gasteiger partial charge in [-0.3, -0.25) is 9.59 Å². The van der Waals surface area contributed by atoms with Gasteiger partial charge in [-0.2, -0.15) is 0 Å². The van der Waals surface area contributed by atoms with Crippen molar-refractivity contribution in [2.24, 2.45) is 0 Å². The summed E-state index contributed by atoms with van der Waals surface area (Å²) in [4.78, 5) is 35.7. The lowest BCUT2D eigenvalue weighted by Crippen LogP contribution is -2.23. The van der Waals surface area contributed by atoms with Gasteiger partial charge in [0.25, 0.3) is 11.8 Å². The number of phenols is 1. The van der Waals surface area contributed by atoms with E-state index in [0.29, 0.717) is 28.2 Å². The first-order chi connectivity index (χ1) is 16.5. The highest BCUT2D eigenvalue weighted by molar-refractivity contribution is 7.99. The van der Waals surface area contributed by atoms with Crippen molar-refractivity contribution in [3.63, 3.8) is 0 Å². The van der Waals surface area contributed by atoms with Gasteiger partial charge in [-0.05, 0) is 48.5 Å². The van der Waals surface area contributed by atoms with E-state index in [-0.39, 0.29) is 29.1 Å². The minimum absolute atomic E-state index is 0.00903. The topological polar surface area (TPSA) is 104 Å². The number of hydrogen-bond acceptors (Lipinski definition) is 6. The Morgan fingerprint density at radius 2 is 1.82 bits per heavy atom. The number of aromatic hydroxyl groups is 1. The molecule has 34 heavy (non-hydrogen) atoms. The lowest BCUT2D eigenvalue weighted by molar-refractivity contribution is 0.0949. The van der Waals surface area contributed by atoms with Crippen LogP contribution in [0.2, 0.25) is 5.02 Å². The number of halogens is 1. The molecule has 0 fully saturated rings. The minimum atomic E-state index is -0.279. The summed E-state index contributed by atoms with van der Waals surface area (Å²) in [5, 5.41) is 15.5. The van der Waals surface area contributed by atoms with Crippen LogP contribution < -0.4 is 10.6 Å². The fourth-order valence-electron chi connectivity index (χ4n) is 3.43. The Labute approximate surface area is 204 Å². The lowest BCUT2D eigenvalue weighted by Gasteiger charge is -2.10. The predicted octanol–water partition coefficient (Wildman–Crippen LogP) is 5.15. The standard InChI is InChI=1S/C25H17ClN4O3S/c26-18-9-15(5-7-20(18)31)23-27-11-14(12-28-23)13-29-24(32)16-6-8-22-19(10-16)30-25(33)17-3-1-2-4-21(17)34-22/h1-12,31H,13H2,(H,29,32)(H,30,33). The molecule has 168 valence electrons. The highest BCUT2D eigenvalue weighted by Crippen LogP contribution is 2.39. The van der Waals surface area contributed by atoms with Gasteiger partial charge >= 0.3 is 0 Å². The zero-order valence-electron chi connectivity index (χ0n) is 17.6. The number of nitrogens with zero attached hydrogens (tertiary/aromatic N) is 2. The molecule has 9 heteroatoms. The van der Waals surface area contributed by atoms with Crippen molar-refractivity contribution in [2.75, 3.05) is 5.32 Å². The van der Waals surface area contributed by atoms with Crippen LogP contribution in [0.5, 0.6) is 5.75 Å². The molecule has 3 N–H and O–H groups in total. The lowest BCUT2D eigenvalue weighted by atomic mass is 10.1. The molecule has 0 saturated heterocycles. The van der Waals surface area contributed by atoms with E-state index in [4.69, 9.17) is 11.6 Å². The van der Waals surface area contributed by atoms with Crippen molar-refractivity contribution in [3.05, 3.63) is 94.8 Å². The van der Waals surface area contributed by atoms with E-state index in [1.807, 2.05) is 24.3 Å². The first kappa shape index (κ1) is 21.9. The number of benzene rings is 3. The van der Waals surface area contributed by atoms with Gasteiger partial charge < -0.3 is 15.7 Å². The number of anilines is 1. The molecule has 0 bridgehead atoms. The van der Waals surface area contributed by atoms with Crippen molar-refractivity contribution in [1.82, 2.24) is 15.3 Å². The van der Waals surface area contributed by atoms with Crippen LogP contribution in [0.15, 0.2) is 82.8 Å². The second-order valence-electron chi connectivity index (χ2n) is 7.53. The third-order valence-corrected chi connectivity index (χ3v) is 6.66. The molecular formula is C25H17ClN4O3S. The van der Waals surface area contributed by atoms with Gasteiger partial charge in [0.1, 0.15) is 5.75 Å². The van der Waals surface area contributed by atoms with E-state index in [1.165, 1.54) is 17.8 Å². The number of carbonyl (C=O) groups excluding carboxylic acids is 2. The van der Waals surface area contributed by atoms with Crippen LogP contribution in [-0.4, -0.2) is 26.9 Å². The molecule has 0 atom stereocenters. The molecule has 2 heterocycles. The summed E-state index contributed by atoms with van der Waals surface area (Å²) in [6.45, 7) is 0.235. The van der Waals surface area contributed by atoms with Gasteiger partial charge in [0.15, 0.2) is 5.82 Å². The fraction of sp³-hybridized carbons (Fsp3) is 0.0400. The molecule has 1 aliphatic rings. The number of carbonyl (C=O) groups is 2. The Morgan fingerprint density at radius 3 is 2.62 bits per heavy atom. The first-order valence-corrected chi connectivity index (χ1v) is 11.5. The molecule has 1 aromatic heterocycles. The molecule has 4 aromatic rings. The first-order valence-electron chi connectivity index (χ1n) is 10.3. The molecular weight excluding hydrogens is 472 g/mol. The smallest absolute Gasteiger partial charge is 0.256 e. The maximum Gasteiger partial charge on any atom is 0.256 e. The van der Waals surface area contributed by atoms with Crippen LogP contribution in [0.4, 0.5) is 5.69 Å². The summed E-state index contributed by atoms with van der Waals surface area (Å²) < 4.78 is 0. The van der Waals surface area contributed by atoms with Crippen LogP contribution in [0.25, 0.3) is 11.4 Å². The van der Waals surface area contributed by atoms with Gasteiger partial charge in [-0.15, -0.1) is 0 Å². The average Bonchev–Trinajstić information content (AvgIpc) is 2.99. The Morgan fingerprint density at radius 1 is 1.03 bits per heavy atom. The number of fused-ring (bicyclic) bond motifs is 2. The van der Waals surface area contributed by atoms with Gasteiger partial charge in [0, 0.05) is 45.4 Å². The van der Waals surface area contributed by atoms with Crippen molar-refractivity contribution in [3.8, 4) is 17.1 Å². The van der Waals surface area contributed by atoms with E-state index >= 15 is 0 Å². The summed E-state index contributed by atoms with van der Waals surface area (Å²) in [6, 6.07) is 17.4. The van der Waals surface area contributed by atoms with Crippen molar-refractivity contribution < 1.29 is 14.7 Å². The third kappa shape index (κ3) is 4.46. The molecule has 5 rings (SSSR count). The van der Waals surface area contributed by atoms with Crippen LogP contribution in [0.3, 0.4) is 0 Å². The maximum absolute atomic E-state index is 12.7. The summed E-state index contributed by atoms with van der Waals surface area (Å²) >= 11 is 7.43. The maximum atomic E-state index is 12.7. The minimum Gasteiger partial charge on any atom is -0.506 e. The molecule has 7 nitrogen and oxygen atoms in total. The predicted molar refractivity (Wildman–Crippen MR) is 130 cm³/mol. The zero-order valence-corrected chi connectivity index (χ0v) is 19.2. The zero-order chi connectivity index (χ0) is 23.7. The molecule has 0 aliphatic carbocycles. The molecule has 0 unspecified atom stereocenters. The second-order valence-corrected chi connectivity index (χ2v) is 9.02. The largest absolute Gasteiger partial charge is 0.506 e. The molecule has 1 aliphatic heterocycles. The molecule has 2 amide bonds. The van der Waals surface area contributed by atoms with Crippen LogP contribution in [0.1, 0.15) is 26.3 Å². The quantitative estimate of drug-likeness (QED) is 0.367. The highest BCUT2D eigenvalue weighted by Gasteiger charge is 2.20. The van der Waals surface area contributed by atoms with E-state index in [2.05, 4.69) is 20.6 Å². The molecule has 0 spiro atoms. The van der Waals surface area contributed by atoms with Gasteiger partial charge in [0.2, 0.25) is 0 Å². The summed E-state index contributed by atoms with van der Waals surface area (Å²) in [6.07, 6.45) is 3.24. The fourth-order valence-corrected chi connectivity index (χ4v) is 4.63. The molecule has 3 aromatic carbocycles. The number of hydrogen-bond donors (Lipinski definition) is 3. The third-order valence-electron chi connectivity index (χ3n) is 5.21. The van der Waals surface area contributed by atoms with Gasteiger partial charge in [-0.1, -0.05) is 35.5 Å². The number of rotatable bonds is 4. The van der Waals surface area contributed by atoms with E-state index in [9.17, 15) is 14.7 Å². The number of aromatic nitrogens is 2. The average molecular weight is 489 g/mol. The SMILES string of the molecule is O=C(NCc1cnc(-c2ccc(O)c(Cl)c2)nc1)c1ccc2c(c1)NC(=O)c1ccccc1S2. The monoisotopic (exact) mass is 488 g/mol. The Balaban J connectivity index is 1.27. The van der Waals surface area contributed by atoms with Crippen LogP contribution in [0, 0.1) is 0 Å².